The summed E-state index contributed by atoms with van der Waals surface area (Å²) in [7, 11) is -6.81. The number of nitrogens with two attached hydrogens (primary N) is 1. The molecule has 0 fully saturated rings. The highest BCUT2D eigenvalue weighted by Gasteiger charge is 2.13. The Balaban J connectivity index is 2.53. The monoisotopic (exact) mass is 277 g/mol. The van der Waals surface area contributed by atoms with Crippen LogP contribution in [0.3, 0.4) is 0 Å². The molecule has 0 radical (unpaired) electrons. The number of benzene rings is 1. The Morgan fingerprint density at radius 3 is 1.94 bits per heavy atom. The van der Waals surface area contributed by atoms with Crippen molar-refractivity contribution in [2.75, 3.05) is 11.5 Å². The third-order valence-corrected chi connectivity index (χ3v) is 4.87. The fraction of sp³-hybridized carbons (Fsp3) is 0.400. The number of rotatable bonds is 6. The predicted octanol–water partition coefficient (Wildman–Crippen LogP) is 0.529. The second kappa shape index (κ2) is 5.61. The molecule has 0 saturated heterocycles. The van der Waals surface area contributed by atoms with Gasteiger partial charge in [-0.3, -0.25) is 0 Å². The van der Waals surface area contributed by atoms with Crippen molar-refractivity contribution in [2.24, 2.45) is 5.14 Å². The first-order chi connectivity index (χ1) is 7.81. The first-order valence-electron chi connectivity index (χ1n) is 5.09. The van der Waals surface area contributed by atoms with Gasteiger partial charge in [-0.1, -0.05) is 18.2 Å². The quantitative estimate of drug-likeness (QED) is 0.767. The Morgan fingerprint density at radius 2 is 1.41 bits per heavy atom. The fourth-order valence-electron chi connectivity index (χ4n) is 1.34. The van der Waals surface area contributed by atoms with Crippen LogP contribution in [0.5, 0.6) is 0 Å². The highest BCUT2D eigenvalue weighted by atomic mass is 32.2. The molecule has 1 rings (SSSR count). The highest BCUT2D eigenvalue weighted by molar-refractivity contribution is 7.91. The molecular formula is C10H15NO4S2. The van der Waals surface area contributed by atoms with Crippen LogP contribution in [0, 0.1) is 0 Å². The smallest absolute Gasteiger partial charge is 0.209 e. The molecule has 0 aromatic heterocycles. The lowest BCUT2D eigenvalue weighted by Crippen LogP contribution is -2.17. The number of hydrogen-bond acceptors (Lipinski definition) is 4. The van der Waals surface area contributed by atoms with Crippen molar-refractivity contribution in [1.29, 1.82) is 0 Å². The minimum Gasteiger partial charge on any atom is -0.229 e. The molecule has 0 heterocycles. The van der Waals surface area contributed by atoms with Gasteiger partial charge < -0.3 is 0 Å². The van der Waals surface area contributed by atoms with Crippen molar-refractivity contribution in [3.05, 3.63) is 30.3 Å². The molecule has 0 amide bonds. The molecule has 0 unspecified atom stereocenters. The lowest BCUT2D eigenvalue weighted by molar-refractivity contribution is 0.586. The molecule has 1 aromatic carbocycles. The topological polar surface area (TPSA) is 94.3 Å². The summed E-state index contributed by atoms with van der Waals surface area (Å²) < 4.78 is 44.9. The van der Waals surface area contributed by atoms with E-state index in [2.05, 4.69) is 0 Å². The maximum Gasteiger partial charge on any atom is 0.209 e. The molecule has 96 valence electrons. The zero-order valence-electron chi connectivity index (χ0n) is 9.24. The molecule has 2 N–H and O–H groups in total. The largest absolute Gasteiger partial charge is 0.229 e. The zero-order chi connectivity index (χ0) is 12.9. The third-order valence-electron chi connectivity index (χ3n) is 2.19. The second-order valence-electron chi connectivity index (χ2n) is 3.71. The Morgan fingerprint density at radius 1 is 0.882 bits per heavy atom. The van der Waals surface area contributed by atoms with E-state index in [1.807, 2.05) is 0 Å². The van der Waals surface area contributed by atoms with Crippen molar-refractivity contribution in [3.63, 3.8) is 0 Å². The van der Waals surface area contributed by atoms with Gasteiger partial charge in [0.1, 0.15) is 0 Å². The molecule has 0 spiro atoms. The van der Waals surface area contributed by atoms with Gasteiger partial charge in [0.25, 0.3) is 0 Å². The summed E-state index contributed by atoms with van der Waals surface area (Å²) >= 11 is 0. The van der Waals surface area contributed by atoms with Crippen LogP contribution in [0.15, 0.2) is 35.2 Å². The lowest BCUT2D eigenvalue weighted by atomic mass is 10.4. The molecule has 17 heavy (non-hydrogen) atoms. The standard InChI is InChI=1S/C10H15NO4S2/c11-17(14,15)9-5-4-8-16(12,13)10-6-2-1-3-7-10/h1-3,6-7H,4-5,8-9H2,(H2,11,14,15). The van der Waals surface area contributed by atoms with Gasteiger partial charge in [-0.2, -0.15) is 0 Å². The first kappa shape index (κ1) is 14.1. The van der Waals surface area contributed by atoms with Crippen LogP contribution in [0.2, 0.25) is 0 Å². The van der Waals surface area contributed by atoms with E-state index in [4.69, 9.17) is 5.14 Å². The van der Waals surface area contributed by atoms with Crippen LogP contribution in [0.4, 0.5) is 0 Å². The first-order valence-corrected chi connectivity index (χ1v) is 8.46. The molecule has 0 aliphatic heterocycles. The Kier molecular flexibility index (Phi) is 4.67. The Labute approximate surface area is 102 Å². The van der Waals surface area contributed by atoms with Gasteiger partial charge in [-0.25, -0.2) is 22.0 Å². The van der Waals surface area contributed by atoms with Crippen LogP contribution in [-0.2, 0) is 19.9 Å². The number of hydrogen-bond donors (Lipinski definition) is 1. The van der Waals surface area contributed by atoms with E-state index in [1.54, 1.807) is 18.2 Å². The van der Waals surface area contributed by atoms with Crippen LogP contribution in [0.25, 0.3) is 0 Å². The van der Waals surface area contributed by atoms with Crippen LogP contribution in [0.1, 0.15) is 12.8 Å². The van der Waals surface area contributed by atoms with Crippen LogP contribution >= 0.6 is 0 Å². The van der Waals surface area contributed by atoms with Crippen molar-refractivity contribution in [2.45, 2.75) is 17.7 Å². The van der Waals surface area contributed by atoms with Crippen molar-refractivity contribution >= 4 is 19.9 Å². The molecule has 1 aromatic rings. The SMILES string of the molecule is NS(=O)(=O)CCCCS(=O)(=O)c1ccccc1. The molecule has 0 atom stereocenters. The number of primary sulfonamides is 1. The van der Waals surface area contributed by atoms with E-state index in [0.29, 0.717) is 0 Å². The van der Waals surface area contributed by atoms with Crippen molar-refractivity contribution < 1.29 is 16.8 Å². The number of sulfone groups is 1. The average Bonchev–Trinajstić information content (AvgIpc) is 2.25. The third kappa shape index (κ3) is 5.29. The van der Waals surface area contributed by atoms with Gasteiger partial charge in [0.15, 0.2) is 9.84 Å². The lowest BCUT2D eigenvalue weighted by Gasteiger charge is -2.03. The maximum atomic E-state index is 11.8. The molecule has 0 saturated carbocycles. The van der Waals surface area contributed by atoms with E-state index in [0.717, 1.165) is 0 Å². The summed E-state index contributed by atoms with van der Waals surface area (Å²) in [6, 6.07) is 8.08. The summed E-state index contributed by atoms with van der Waals surface area (Å²) in [4.78, 5) is 0.260. The van der Waals surface area contributed by atoms with Gasteiger partial charge in [0, 0.05) is 0 Å². The summed E-state index contributed by atoms with van der Waals surface area (Å²) in [5, 5.41) is 4.82. The minimum atomic E-state index is -3.50. The summed E-state index contributed by atoms with van der Waals surface area (Å²) in [5.41, 5.74) is 0. The molecule has 0 aliphatic rings. The molecule has 0 aliphatic carbocycles. The summed E-state index contributed by atoms with van der Waals surface area (Å²) in [6.07, 6.45) is 0.540. The molecule has 5 nitrogen and oxygen atoms in total. The predicted molar refractivity (Wildman–Crippen MR) is 65.7 cm³/mol. The minimum absolute atomic E-state index is 0.0630. The summed E-state index contributed by atoms with van der Waals surface area (Å²) in [5.74, 6) is -0.246. The van der Waals surface area contributed by atoms with Gasteiger partial charge in [-0.05, 0) is 25.0 Å². The average molecular weight is 277 g/mol. The molecular weight excluding hydrogens is 262 g/mol. The van der Waals surface area contributed by atoms with Crippen molar-refractivity contribution in [3.8, 4) is 0 Å². The second-order valence-corrected chi connectivity index (χ2v) is 7.55. The number of unbranched alkanes of at least 4 members (excludes halogenated alkanes) is 1. The van der Waals surface area contributed by atoms with E-state index in [9.17, 15) is 16.8 Å². The van der Waals surface area contributed by atoms with Gasteiger partial charge >= 0.3 is 0 Å². The maximum absolute atomic E-state index is 11.8. The summed E-state index contributed by atoms with van der Waals surface area (Å²) in [6.45, 7) is 0. The Bertz CT molecular complexity index is 549. The zero-order valence-corrected chi connectivity index (χ0v) is 10.9. The van der Waals surface area contributed by atoms with Crippen LogP contribution < -0.4 is 5.14 Å². The molecule has 7 heteroatoms. The fourth-order valence-corrected chi connectivity index (χ4v) is 3.34. The van der Waals surface area contributed by atoms with Gasteiger partial charge in [0.2, 0.25) is 10.0 Å². The Hall–Kier alpha value is -0.920. The van der Waals surface area contributed by atoms with E-state index in [-0.39, 0.29) is 29.2 Å². The van der Waals surface area contributed by atoms with Crippen LogP contribution in [-0.4, -0.2) is 28.3 Å². The van der Waals surface area contributed by atoms with Gasteiger partial charge in [-0.15, -0.1) is 0 Å². The normalized spacial score (nSPS) is 12.5. The van der Waals surface area contributed by atoms with Crippen molar-refractivity contribution in [1.82, 2.24) is 0 Å². The van der Waals surface area contributed by atoms with E-state index < -0.39 is 19.9 Å². The number of sulfonamides is 1. The highest BCUT2D eigenvalue weighted by Crippen LogP contribution is 2.11. The van der Waals surface area contributed by atoms with E-state index >= 15 is 0 Å². The molecule has 0 bridgehead atoms. The van der Waals surface area contributed by atoms with Gasteiger partial charge in [0.05, 0.1) is 16.4 Å². The van der Waals surface area contributed by atoms with E-state index in [1.165, 1.54) is 12.1 Å².